The van der Waals surface area contributed by atoms with Crippen LogP contribution in [0.1, 0.15) is 41.9 Å². The van der Waals surface area contributed by atoms with Crippen LogP contribution in [0.5, 0.6) is 0 Å². The molecule has 102 valence electrons. The molecule has 0 radical (unpaired) electrons. The van der Waals surface area contributed by atoms with Gasteiger partial charge < -0.3 is 10.4 Å². The van der Waals surface area contributed by atoms with E-state index in [-0.39, 0.29) is 5.69 Å². The lowest BCUT2D eigenvalue weighted by Crippen LogP contribution is -2.20. The fourth-order valence-corrected chi connectivity index (χ4v) is 2.73. The third-order valence-corrected chi connectivity index (χ3v) is 4.02. The van der Waals surface area contributed by atoms with Crippen molar-refractivity contribution in [3.63, 3.8) is 0 Å². The number of nitrogens with zero attached hydrogens (tertiary/aromatic N) is 2. The quantitative estimate of drug-likeness (QED) is 0.822. The summed E-state index contributed by atoms with van der Waals surface area (Å²) in [4.78, 5) is 19.3. The molecule has 0 aliphatic heterocycles. The second-order valence-electron chi connectivity index (χ2n) is 5.74. The van der Waals surface area contributed by atoms with E-state index in [1.165, 1.54) is 31.7 Å². The zero-order valence-electron chi connectivity index (χ0n) is 11.1. The lowest BCUT2D eigenvalue weighted by atomic mass is 9.98. The summed E-state index contributed by atoms with van der Waals surface area (Å²) in [6.45, 7) is 2.66. The zero-order valence-corrected chi connectivity index (χ0v) is 11.1. The molecule has 5 nitrogen and oxygen atoms in total. The molecule has 2 N–H and O–H groups in total. The number of anilines is 1. The van der Waals surface area contributed by atoms with Gasteiger partial charge in [0.15, 0.2) is 5.69 Å². The molecule has 1 aromatic rings. The summed E-state index contributed by atoms with van der Waals surface area (Å²) in [7, 11) is 0. The first-order chi connectivity index (χ1) is 9.13. The van der Waals surface area contributed by atoms with E-state index in [1.54, 1.807) is 6.92 Å². The van der Waals surface area contributed by atoms with Crippen molar-refractivity contribution >= 4 is 11.9 Å². The normalized spacial score (nSPS) is 18.6. The molecule has 0 saturated heterocycles. The molecule has 0 atom stereocenters. The monoisotopic (exact) mass is 261 g/mol. The van der Waals surface area contributed by atoms with E-state index >= 15 is 0 Å². The Morgan fingerprint density at radius 1 is 1.37 bits per heavy atom. The van der Waals surface area contributed by atoms with E-state index < -0.39 is 5.97 Å². The molecule has 2 aliphatic carbocycles. The highest BCUT2D eigenvalue weighted by atomic mass is 16.4. The van der Waals surface area contributed by atoms with E-state index in [4.69, 9.17) is 5.11 Å². The summed E-state index contributed by atoms with van der Waals surface area (Å²) in [6.07, 6.45) is 5.38. The van der Waals surface area contributed by atoms with Gasteiger partial charge in [-0.2, -0.15) is 0 Å². The van der Waals surface area contributed by atoms with Gasteiger partial charge in [-0.15, -0.1) is 0 Å². The van der Waals surface area contributed by atoms with Crippen LogP contribution in [0.4, 0.5) is 5.95 Å². The first-order valence-electron chi connectivity index (χ1n) is 6.96. The van der Waals surface area contributed by atoms with E-state index in [1.807, 2.05) is 0 Å². The SMILES string of the molecule is Cc1cc(C(=O)O)nc(NCC(C2CC2)C2CC2)n1. The maximum atomic E-state index is 11.0. The summed E-state index contributed by atoms with van der Waals surface area (Å²) in [5.74, 6) is 1.89. The Labute approximate surface area is 112 Å². The van der Waals surface area contributed by atoms with Gasteiger partial charge in [0, 0.05) is 12.2 Å². The molecular weight excluding hydrogens is 242 g/mol. The Balaban J connectivity index is 1.66. The first kappa shape index (κ1) is 12.4. The number of rotatable bonds is 6. The van der Waals surface area contributed by atoms with Crippen molar-refractivity contribution in [3.8, 4) is 0 Å². The molecule has 0 bridgehead atoms. The van der Waals surface area contributed by atoms with Gasteiger partial charge in [0.2, 0.25) is 5.95 Å². The lowest BCUT2D eigenvalue weighted by molar-refractivity contribution is 0.0690. The zero-order chi connectivity index (χ0) is 13.4. The minimum atomic E-state index is -1.01. The van der Waals surface area contributed by atoms with Crippen LogP contribution in [0.3, 0.4) is 0 Å². The molecule has 1 aromatic heterocycles. The van der Waals surface area contributed by atoms with Crippen molar-refractivity contribution in [1.29, 1.82) is 0 Å². The van der Waals surface area contributed by atoms with Crippen molar-refractivity contribution in [2.75, 3.05) is 11.9 Å². The average molecular weight is 261 g/mol. The molecule has 2 fully saturated rings. The third-order valence-electron chi connectivity index (χ3n) is 4.02. The molecule has 2 saturated carbocycles. The molecule has 0 spiro atoms. The van der Waals surface area contributed by atoms with E-state index in [0.717, 1.165) is 24.3 Å². The molecule has 2 aliphatic rings. The fourth-order valence-electron chi connectivity index (χ4n) is 2.73. The third kappa shape index (κ3) is 3.03. The summed E-state index contributed by atoms with van der Waals surface area (Å²) in [5, 5.41) is 12.2. The second kappa shape index (κ2) is 4.79. The van der Waals surface area contributed by atoms with Crippen molar-refractivity contribution in [1.82, 2.24) is 9.97 Å². The minimum absolute atomic E-state index is 0.0596. The van der Waals surface area contributed by atoms with Crippen LogP contribution in [-0.2, 0) is 0 Å². The highest BCUT2D eigenvalue weighted by Gasteiger charge is 2.41. The van der Waals surface area contributed by atoms with Gasteiger partial charge in [-0.1, -0.05) is 0 Å². The van der Waals surface area contributed by atoms with E-state index in [2.05, 4.69) is 15.3 Å². The van der Waals surface area contributed by atoms with Gasteiger partial charge in [0.25, 0.3) is 0 Å². The number of hydrogen-bond donors (Lipinski definition) is 2. The molecule has 0 aromatic carbocycles. The maximum Gasteiger partial charge on any atom is 0.354 e. The lowest BCUT2D eigenvalue weighted by Gasteiger charge is -2.16. The highest BCUT2D eigenvalue weighted by Crippen LogP contribution is 2.49. The topological polar surface area (TPSA) is 75.1 Å². The summed E-state index contributed by atoms with van der Waals surface area (Å²) >= 11 is 0. The predicted octanol–water partition coefficient (Wildman–Crippen LogP) is 2.33. The van der Waals surface area contributed by atoms with Gasteiger partial charge in [-0.3, -0.25) is 0 Å². The van der Waals surface area contributed by atoms with Crippen LogP contribution < -0.4 is 5.32 Å². The second-order valence-corrected chi connectivity index (χ2v) is 5.74. The smallest absolute Gasteiger partial charge is 0.354 e. The van der Waals surface area contributed by atoms with E-state index in [0.29, 0.717) is 11.6 Å². The van der Waals surface area contributed by atoms with E-state index in [9.17, 15) is 4.79 Å². The van der Waals surface area contributed by atoms with Gasteiger partial charge in [-0.25, -0.2) is 14.8 Å². The van der Waals surface area contributed by atoms with Crippen LogP contribution in [0.25, 0.3) is 0 Å². The molecule has 3 rings (SSSR count). The number of carbonyl (C=O) groups is 1. The highest BCUT2D eigenvalue weighted by molar-refractivity contribution is 5.85. The number of aromatic carboxylic acids is 1. The first-order valence-corrected chi connectivity index (χ1v) is 6.96. The molecular formula is C14H19N3O2. The van der Waals surface area contributed by atoms with Gasteiger partial charge in [0.05, 0.1) is 0 Å². The van der Waals surface area contributed by atoms with Gasteiger partial charge in [-0.05, 0) is 56.4 Å². The molecule has 0 unspecified atom stereocenters. The van der Waals surface area contributed by atoms with Crippen molar-refractivity contribution in [3.05, 3.63) is 17.5 Å². The minimum Gasteiger partial charge on any atom is -0.477 e. The molecule has 5 heteroatoms. The van der Waals surface area contributed by atoms with Crippen LogP contribution in [0.15, 0.2) is 6.07 Å². The average Bonchev–Trinajstić information content (AvgIpc) is 3.23. The van der Waals surface area contributed by atoms with Crippen molar-refractivity contribution in [2.24, 2.45) is 17.8 Å². The number of carboxylic acid groups (broad SMARTS) is 1. The Morgan fingerprint density at radius 3 is 2.53 bits per heavy atom. The van der Waals surface area contributed by atoms with Crippen LogP contribution in [-0.4, -0.2) is 27.6 Å². The predicted molar refractivity (Wildman–Crippen MR) is 71.2 cm³/mol. The van der Waals surface area contributed by atoms with Crippen LogP contribution >= 0.6 is 0 Å². The van der Waals surface area contributed by atoms with Crippen molar-refractivity contribution < 1.29 is 9.90 Å². The van der Waals surface area contributed by atoms with Gasteiger partial charge >= 0.3 is 5.97 Å². The Hall–Kier alpha value is -1.65. The largest absolute Gasteiger partial charge is 0.477 e. The summed E-state index contributed by atoms with van der Waals surface area (Å²) in [5.41, 5.74) is 0.744. The van der Waals surface area contributed by atoms with Crippen molar-refractivity contribution in [2.45, 2.75) is 32.6 Å². The standard InChI is InChI=1S/C14H19N3O2/c1-8-6-12(13(18)19)17-14(16-8)15-7-11(9-2-3-9)10-4-5-10/h6,9-11H,2-5,7H2,1H3,(H,18,19)(H,15,16,17). The Bertz CT molecular complexity index is 483. The molecule has 1 heterocycles. The van der Waals surface area contributed by atoms with Crippen LogP contribution in [0, 0.1) is 24.7 Å². The Kier molecular flexibility index (Phi) is 3.12. The summed E-state index contributed by atoms with van der Waals surface area (Å²) < 4.78 is 0. The molecule has 0 amide bonds. The maximum absolute atomic E-state index is 11.0. The number of carboxylic acids is 1. The number of aryl methyl sites for hydroxylation is 1. The Morgan fingerprint density at radius 2 is 2.00 bits per heavy atom. The fraction of sp³-hybridized carbons (Fsp3) is 0.643. The number of hydrogen-bond acceptors (Lipinski definition) is 4. The summed E-state index contributed by atoms with van der Waals surface area (Å²) in [6, 6.07) is 1.49. The number of aromatic nitrogens is 2. The molecule has 19 heavy (non-hydrogen) atoms. The number of nitrogens with one attached hydrogen (secondary N) is 1. The van der Waals surface area contributed by atoms with Gasteiger partial charge in [0.1, 0.15) is 0 Å². The van der Waals surface area contributed by atoms with Crippen LogP contribution in [0.2, 0.25) is 0 Å².